The largest absolute Gasteiger partial charge is 0.496 e. The zero-order valence-corrected chi connectivity index (χ0v) is 13.9. The number of nitrogens with one attached hydrogen (secondary N) is 1. The molecule has 2 aromatic rings. The number of benzene rings is 1. The second-order valence-electron chi connectivity index (χ2n) is 5.44. The number of carbonyl (C=O) groups excluding carboxylic acids is 1. The molecule has 0 aliphatic rings. The number of hydrogen-bond acceptors (Lipinski definition) is 3. The first-order valence-electron chi connectivity index (χ1n) is 7.05. The second kappa shape index (κ2) is 6.83. The minimum absolute atomic E-state index is 0.187. The summed E-state index contributed by atoms with van der Waals surface area (Å²) in [5.41, 5.74) is 0.451. The molecule has 0 aliphatic heterocycles. The summed E-state index contributed by atoms with van der Waals surface area (Å²) in [6.45, 7) is 4.08. The highest BCUT2D eigenvalue weighted by Crippen LogP contribution is 2.25. The summed E-state index contributed by atoms with van der Waals surface area (Å²) >= 11 is 5.93. The summed E-state index contributed by atoms with van der Waals surface area (Å²) in [5, 5.41) is 3.55. The molecular weight excluding hydrogens is 302 g/mol. The Hall–Kier alpha value is -2.01. The zero-order valence-electron chi connectivity index (χ0n) is 13.1. The van der Waals surface area contributed by atoms with Crippen molar-refractivity contribution in [2.24, 2.45) is 13.0 Å². The number of rotatable bonds is 5. The molecule has 0 bridgehead atoms. The molecule has 1 aromatic carbocycles. The Labute approximate surface area is 135 Å². The van der Waals surface area contributed by atoms with Crippen molar-refractivity contribution in [3.05, 3.63) is 47.0 Å². The number of aromatic nitrogens is 2. The standard InChI is InChI=1S/C16H20ClN3O2/c1-10(2)14(15-18-7-8-20(15)3)19-16(21)12-6-5-11(17)9-13(12)22-4/h5-10,14H,1-4H3,(H,19,21). The van der Waals surface area contributed by atoms with E-state index in [0.717, 1.165) is 5.82 Å². The summed E-state index contributed by atoms with van der Waals surface area (Å²) in [5.74, 6) is 1.25. The van der Waals surface area contributed by atoms with Crippen LogP contribution in [0.5, 0.6) is 5.75 Å². The third-order valence-corrected chi connectivity index (χ3v) is 3.73. The summed E-state index contributed by atoms with van der Waals surface area (Å²) < 4.78 is 7.14. The lowest BCUT2D eigenvalue weighted by Gasteiger charge is -2.22. The lowest BCUT2D eigenvalue weighted by molar-refractivity contribution is 0.0919. The van der Waals surface area contributed by atoms with Gasteiger partial charge in [0.2, 0.25) is 0 Å². The minimum Gasteiger partial charge on any atom is -0.496 e. The average Bonchev–Trinajstić information content (AvgIpc) is 2.89. The smallest absolute Gasteiger partial charge is 0.255 e. The third kappa shape index (κ3) is 3.42. The molecule has 1 atom stereocenters. The van der Waals surface area contributed by atoms with E-state index in [1.165, 1.54) is 7.11 Å². The topological polar surface area (TPSA) is 56.1 Å². The number of hydrogen-bond donors (Lipinski definition) is 1. The van der Waals surface area contributed by atoms with Crippen LogP contribution in [0.2, 0.25) is 5.02 Å². The highest BCUT2D eigenvalue weighted by molar-refractivity contribution is 6.30. The van der Waals surface area contributed by atoms with E-state index >= 15 is 0 Å². The minimum atomic E-state index is -0.213. The van der Waals surface area contributed by atoms with Gasteiger partial charge in [0.25, 0.3) is 5.91 Å². The molecule has 1 aromatic heterocycles. The van der Waals surface area contributed by atoms with Crippen LogP contribution in [0.25, 0.3) is 0 Å². The zero-order chi connectivity index (χ0) is 16.3. The van der Waals surface area contributed by atoms with Crippen LogP contribution < -0.4 is 10.1 Å². The molecule has 0 spiro atoms. The lowest BCUT2D eigenvalue weighted by atomic mass is 10.0. The molecule has 6 heteroatoms. The molecule has 0 radical (unpaired) electrons. The maximum atomic E-state index is 12.6. The normalized spacial score (nSPS) is 12.3. The first-order chi connectivity index (χ1) is 10.4. The Bertz CT molecular complexity index is 667. The summed E-state index contributed by atoms with van der Waals surface area (Å²) in [6, 6.07) is 4.77. The molecule has 118 valence electrons. The van der Waals surface area contributed by atoms with Gasteiger partial charge in [-0.05, 0) is 24.1 Å². The van der Waals surface area contributed by atoms with Crippen molar-refractivity contribution in [3.8, 4) is 5.75 Å². The molecule has 0 aliphatic carbocycles. The van der Waals surface area contributed by atoms with Crippen molar-refractivity contribution in [1.82, 2.24) is 14.9 Å². The van der Waals surface area contributed by atoms with Gasteiger partial charge in [-0.3, -0.25) is 4.79 Å². The lowest BCUT2D eigenvalue weighted by Crippen LogP contribution is -2.33. The van der Waals surface area contributed by atoms with Crippen molar-refractivity contribution in [3.63, 3.8) is 0 Å². The predicted octanol–water partition coefficient (Wildman–Crippen LogP) is 3.21. The molecule has 0 fully saturated rings. The molecule has 5 nitrogen and oxygen atoms in total. The van der Waals surface area contributed by atoms with Gasteiger partial charge in [0.15, 0.2) is 0 Å². The number of aryl methyl sites for hydroxylation is 1. The number of halogens is 1. The van der Waals surface area contributed by atoms with Crippen molar-refractivity contribution >= 4 is 17.5 Å². The molecule has 0 saturated heterocycles. The number of imidazole rings is 1. The highest BCUT2D eigenvalue weighted by atomic mass is 35.5. The molecule has 2 rings (SSSR count). The van der Waals surface area contributed by atoms with Crippen LogP contribution in [0.3, 0.4) is 0 Å². The van der Waals surface area contributed by atoms with Crippen molar-refractivity contribution in [1.29, 1.82) is 0 Å². The van der Waals surface area contributed by atoms with Crippen molar-refractivity contribution < 1.29 is 9.53 Å². The average molecular weight is 322 g/mol. The van der Waals surface area contributed by atoms with Crippen LogP contribution in [0, 0.1) is 5.92 Å². The van der Waals surface area contributed by atoms with Gasteiger partial charge in [0, 0.05) is 24.5 Å². The van der Waals surface area contributed by atoms with Crippen LogP contribution in [-0.4, -0.2) is 22.6 Å². The fraction of sp³-hybridized carbons (Fsp3) is 0.375. The monoisotopic (exact) mass is 321 g/mol. The number of ether oxygens (including phenoxy) is 1. The van der Waals surface area contributed by atoms with Crippen molar-refractivity contribution in [2.45, 2.75) is 19.9 Å². The first-order valence-corrected chi connectivity index (χ1v) is 7.43. The summed E-state index contributed by atoms with van der Waals surface area (Å²) in [7, 11) is 3.42. The van der Waals surface area contributed by atoms with Gasteiger partial charge in [-0.15, -0.1) is 0 Å². The molecular formula is C16H20ClN3O2. The number of carbonyl (C=O) groups is 1. The number of amides is 1. The highest BCUT2D eigenvalue weighted by Gasteiger charge is 2.24. The Morgan fingerprint density at radius 1 is 1.41 bits per heavy atom. The van der Waals surface area contributed by atoms with Crippen LogP contribution >= 0.6 is 11.6 Å². The van der Waals surface area contributed by atoms with Gasteiger partial charge in [-0.1, -0.05) is 25.4 Å². The molecule has 1 N–H and O–H groups in total. The van der Waals surface area contributed by atoms with E-state index in [1.54, 1.807) is 24.4 Å². The Kier molecular flexibility index (Phi) is 5.08. The van der Waals surface area contributed by atoms with E-state index in [1.807, 2.05) is 31.7 Å². The van der Waals surface area contributed by atoms with Gasteiger partial charge in [0.1, 0.15) is 11.6 Å². The number of nitrogens with zero attached hydrogens (tertiary/aromatic N) is 2. The summed E-state index contributed by atoms with van der Waals surface area (Å²) in [4.78, 5) is 16.9. The predicted molar refractivity (Wildman–Crippen MR) is 86.3 cm³/mol. The quantitative estimate of drug-likeness (QED) is 0.920. The van der Waals surface area contributed by atoms with E-state index in [4.69, 9.17) is 16.3 Å². The molecule has 0 saturated carbocycles. The fourth-order valence-corrected chi connectivity index (χ4v) is 2.44. The second-order valence-corrected chi connectivity index (χ2v) is 5.87. The van der Waals surface area contributed by atoms with E-state index in [2.05, 4.69) is 10.3 Å². The Morgan fingerprint density at radius 2 is 2.14 bits per heavy atom. The third-order valence-electron chi connectivity index (χ3n) is 3.50. The van der Waals surface area contributed by atoms with E-state index < -0.39 is 0 Å². The van der Waals surface area contributed by atoms with E-state index in [0.29, 0.717) is 16.3 Å². The van der Waals surface area contributed by atoms with E-state index in [9.17, 15) is 4.79 Å². The van der Waals surface area contributed by atoms with Crippen LogP contribution in [0.15, 0.2) is 30.6 Å². The van der Waals surface area contributed by atoms with Gasteiger partial charge in [0.05, 0.1) is 18.7 Å². The molecule has 22 heavy (non-hydrogen) atoms. The molecule has 1 heterocycles. The van der Waals surface area contributed by atoms with Crippen LogP contribution in [0.1, 0.15) is 36.1 Å². The van der Waals surface area contributed by atoms with Crippen molar-refractivity contribution in [2.75, 3.05) is 7.11 Å². The van der Waals surface area contributed by atoms with Crippen LogP contribution in [0.4, 0.5) is 0 Å². The number of methoxy groups -OCH3 is 1. The maximum absolute atomic E-state index is 12.6. The van der Waals surface area contributed by atoms with E-state index in [-0.39, 0.29) is 17.9 Å². The van der Waals surface area contributed by atoms with Gasteiger partial charge < -0.3 is 14.6 Å². The Balaban J connectivity index is 2.28. The summed E-state index contributed by atoms with van der Waals surface area (Å²) in [6.07, 6.45) is 3.58. The first kappa shape index (κ1) is 16.4. The van der Waals surface area contributed by atoms with Gasteiger partial charge in [-0.2, -0.15) is 0 Å². The molecule has 1 unspecified atom stereocenters. The Morgan fingerprint density at radius 3 is 2.68 bits per heavy atom. The van der Waals surface area contributed by atoms with Crippen LogP contribution in [-0.2, 0) is 7.05 Å². The molecule has 1 amide bonds. The van der Waals surface area contributed by atoms with Gasteiger partial charge in [-0.25, -0.2) is 4.98 Å². The fourth-order valence-electron chi connectivity index (χ4n) is 2.28. The SMILES string of the molecule is COc1cc(Cl)ccc1C(=O)NC(c1nccn1C)C(C)C. The van der Waals surface area contributed by atoms with Gasteiger partial charge >= 0.3 is 0 Å². The maximum Gasteiger partial charge on any atom is 0.255 e.